The van der Waals surface area contributed by atoms with Crippen molar-refractivity contribution in [2.45, 2.75) is 44.0 Å². The summed E-state index contributed by atoms with van der Waals surface area (Å²) < 4.78 is 10.3. The van der Waals surface area contributed by atoms with Crippen molar-refractivity contribution in [3.05, 3.63) is 0 Å². The summed E-state index contributed by atoms with van der Waals surface area (Å²) in [6, 6.07) is -5.44. The lowest BCUT2D eigenvalue weighted by molar-refractivity contribution is -0.137. The first-order valence-electron chi connectivity index (χ1n) is 10.9. The van der Waals surface area contributed by atoms with Gasteiger partial charge in [-0.1, -0.05) is 0 Å². The highest BCUT2D eigenvalue weighted by atomic mass is 16.5. The molecule has 0 spiro atoms. The van der Waals surface area contributed by atoms with Gasteiger partial charge in [-0.05, 0) is 13.3 Å². The number of nitrogens with one attached hydrogen (secondary N) is 6. The first kappa shape index (κ1) is 30.5. The first-order chi connectivity index (χ1) is 17.0. The zero-order valence-corrected chi connectivity index (χ0v) is 19.6. The molecule has 1 rings (SSSR count). The van der Waals surface area contributed by atoms with Crippen LogP contribution in [0, 0.1) is 0 Å². The Labute approximate surface area is 205 Å². The number of carboxylic acids is 1. The van der Waals surface area contributed by atoms with Crippen molar-refractivity contribution < 1.29 is 53.6 Å². The number of hydrazine groups is 1. The molecule has 2 unspecified atom stereocenters. The van der Waals surface area contributed by atoms with Gasteiger partial charge >= 0.3 is 12.0 Å². The molecule has 0 bridgehead atoms. The van der Waals surface area contributed by atoms with Crippen molar-refractivity contribution >= 4 is 35.6 Å². The lowest BCUT2D eigenvalue weighted by Gasteiger charge is -2.24. The molecule has 0 aromatic carbocycles. The van der Waals surface area contributed by atoms with E-state index in [1.54, 1.807) is 0 Å². The monoisotopic (exact) mass is 520 g/mol. The topological polar surface area (TPSA) is 254 Å². The molecule has 0 aliphatic carbocycles. The minimum atomic E-state index is -1.49. The second kappa shape index (κ2) is 16.2. The lowest BCUT2D eigenvalue weighted by atomic mass is 10.1. The van der Waals surface area contributed by atoms with Crippen molar-refractivity contribution in [2.75, 3.05) is 39.6 Å². The second-order valence-electron chi connectivity index (χ2n) is 7.56. The van der Waals surface area contributed by atoms with Crippen LogP contribution >= 0.6 is 0 Å². The molecule has 36 heavy (non-hydrogen) atoms. The average molecular weight is 520 g/mol. The van der Waals surface area contributed by atoms with E-state index < -0.39 is 85.9 Å². The third-order valence-corrected chi connectivity index (χ3v) is 4.61. The van der Waals surface area contributed by atoms with Crippen molar-refractivity contribution in [1.82, 2.24) is 32.1 Å². The molecule has 1 saturated heterocycles. The van der Waals surface area contributed by atoms with Gasteiger partial charge in [0.1, 0.15) is 24.7 Å². The van der Waals surface area contributed by atoms with Crippen LogP contribution in [0.15, 0.2) is 0 Å². The van der Waals surface area contributed by atoms with Crippen LogP contribution in [0.4, 0.5) is 4.79 Å². The summed E-state index contributed by atoms with van der Waals surface area (Å²) in [5.74, 6) is -4.81. The number of amides is 6. The Bertz CT molecular complexity index is 794. The highest BCUT2D eigenvalue weighted by Gasteiger charge is 2.29. The maximum absolute atomic E-state index is 12.5. The predicted molar refractivity (Wildman–Crippen MR) is 118 cm³/mol. The lowest BCUT2D eigenvalue weighted by Crippen LogP contribution is -2.60. The Morgan fingerprint density at radius 2 is 1.58 bits per heavy atom. The van der Waals surface area contributed by atoms with Crippen LogP contribution in [0.3, 0.4) is 0 Å². The molecule has 204 valence electrons. The Hall–Kier alpha value is -3.54. The van der Waals surface area contributed by atoms with E-state index in [1.165, 1.54) is 6.92 Å². The van der Waals surface area contributed by atoms with E-state index in [9.17, 15) is 39.0 Å². The molecule has 1 heterocycles. The maximum Gasteiger partial charge on any atom is 0.316 e. The van der Waals surface area contributed by atoms with E-state index in [-0.39, 0.29) is 26.4 Å². The summed E-state index contributed by atoms with van der Waals surface area (Å²) in [6.45, 7) is 0.103. The molecule has 4 atom stereocenters. The van der Waals surface area contributed by atoms with E-state index in [4.69, 9.17) is 14.6 Å². The van der Waals surface area contributed by atoms with Crippen LogP contribution in [0.5, 0.6) is 0 Å². The molecule has 1 aliphatic heterocycles. The average Bonchev–Trinajstić information content (AvgIpc) is 2.82. The normalized spacial score (nSPS) is 25.0. The Morgan fingerprint density at radius 3 is 2.19 bits per heavy atom. The van der Waals surface area contributed by atoms with Gasteiger partial charge in [0.15, 0.2) is 0 Å². The number of rotatable bonds is 5. The van der Waals surface area contributed by atoms with Gasteiger partial charge in [0.25, 0.3) is 11.8 Å². The van der Waals surface area contributed by atoms with Crippen molar-refractivity contribution in [2.24, 2.45) is 0 Å². The molecule has 9 N–H and O–H groups in total. The molecule has 0 saturated carbocycles. The van der Waals surface area contributed by atoms with Crippen molar-refractivity contribution in [1.29, 1.82) is 0 Å². The summed E-state index contributed by atoms with van der Waals surface area (Å²) >= 11 is 0. The molecule has 0 aromatic heterocycles. The number of hydrogen-bond donors (Lipinski definition) is 9. The molecule has 6 amide bonds. The first-order valence-corrected chi connectivity index (χ1v) is 10.9. The minimum absolute atomic E-state index is 0.00314. The van der Waals surface area contributed by atoms with Gasteiger partial charge in [-0.3, -0.25) is 34.8 Å². The Morgan fingerprint density at radius 1 is 0.944 bits per heavy atom. The zero-order valence-electron chi connectivity index (χ0n) is 19.6. The summed E-state index contributed by atoms with van der Waals surface area (Å²) in [4.78, 5) is 72.3. The molecule has 0 aromatic rings. The van der Waals surface area contributed by atoms with Gasteiger partial charge in [0.05, 0.1) is 32.5 Å². The minimum Gasteiger partial charge on any atom is -0.481 e. The fraction of sp³-hybridized carbons (Fsp3) is 0.684. The van der Waals surface area contributed by atoms with Crippen LogP contribution in [0.2, 0.25) is 0 Å². The highest BCUT2D eigenvalue weighted by Crippen LogP contribution is 2.00. The molecular formula is C19H32N6O11. The Balaban J connectivity index is 3.00. The fourth-order valence-corrected chi connectivity index (χ4v) is 2.75. The van der Waals surface area contributed by atoms with Crippen molar-refractivity contribution in [3.8, 4) is 0 Å². The number of aliphatic carboxylic acids is 1. The van der Waals surface area contributed by atoms with Crippen LogP contribution in [0.25, 0.3) is 0 Å². The number of hydrogen-bond acceptors (Lipinski definition) is 10. The zero-order chi connectivity index (χ0) is 27.1. The molecule has 1 fully saturated rings. The summed E-state index contributed by atoms with van der Waals surface area (Å²) in [7, 11) is 0. The van der Waals surface area contributed by atoms with E-state index in [1.807, 2.05) is 10.9 Å². The maximum atomic E-state index is 12.5. The number of aliphatic hydroxyl groups is 2. The van der Waals surface area contributed by atoms with Crippen LogP contribution in [-0.4, -0.2) is 115 Å². The van der Waals surface area contributed by atoms with Crippen LogP contribution in [-0.2, 0) is 33.4 Å². The highest BCUT2D eigenvalue weighted by molar-refractivity contribution is 5.93. The third kappa shape index (κ3) is 11.7. The number of carbonyl (C=O) groups excluding carboxylic acids is 5. The van der Waals surface area contributed by atoms with E-state index in [2.05, 4.69) is 21.3 Å². The molecule has 17 heteroatoms. The van der Waals surface area contributed by atoms with Gasteiger partial charge < -0.3 is 46.1 Å². The van der Waals surface area contributed by atoms with Crippen LogP contribution < -0.4 is 32.1 Å². The quantitative estimate of drug-likeness (QED) is 0.166. The summed E-state index contributed by atoms with van der Waals surface area (Å²) in [5, 5.41) is 37.2. The van der Waals surface area contributed by atoms with Gasteiger partial charge in [-0.2, -0.15) is 0 Å². The van der Waals surface area contributed by atoms with Crippen molar-refractivity contribution in [3.63, 3.8) is 0 Å². The van der Waals surface area contributed by atoms with E-state index in [0.29, 0.717) is 0 Å². The number of urea groups is 1. The van der Waals surface area contributed by atoms with Gasteiger partial charge in [0.2, 0.25) is 11.8 Å². The largest absolute Gasteiger partial charge is 0.481 e. The summed E-state index contributed by atoms with van der Waals surface area (Å²) in [6.07, 6.45) is -2.27. The number of carboxylic acid groups (broad SMARTS) is 1. The van der Waals surface area contributed by atoms with Gasteiger partial charge in [-0.15, -0.1) is 0 Å². The fourth-order valence-electron chi connectivity index (χ4n) is 2.75. The molecule has 0 radical (unpaired) electrons. The SMILES string of the molecule is CC(O)C1NC(=O)N[C@@H](CCC(=O)O)C(=O)NNC(=O)[C@H](CO)NC(=O)COCCOCCNC1=O. The van der Waals surface area contributed by atoms with E-state index >= 15 is 0 Å². The molecule has 1 aliphatic rings. The predicted octanol–water partition coefficient (Wildman–Crippen LogP) is -4.94. The standard InChI is InChI=1S/C19H32N6O11/c1-10(27)15-18(33)20-4-5-35-6-7-36-9-13(28)21-12(8-26)17(32)25-24-16(31)11(2-3-14(29)30)22-19(34)23-15/h10-12,15,26-27H,2-9H2,1H3,(H,20,33)(H,21,28)(H,24,31)(H,25,32)(H,29,30)(H2,22,23,34)/t10?,11-,12-,15?/m0/s1. The second-order valence-corrected chi connectivity index (χ2v) is 7.56. The summed E-state index contributed by atoms with van der Waals surface area (Å²) in [5.41, 5.74) is 3.92. The molecule has 17 nitrogen and oxygen atoms in total. The van der Waals surface area contributed by atoms with Gasteiger partial charge in [0, 0.05) is 13.0 Å². The van der Waals surface area contributed by atoms with Gasteiger partial charge in [-0.25, -0.2) is 4.79 Å². The van der Waals surface area contributed by atoms with Crippen LogP contribution in [0.1, 0.15) is 19.8 Å². The third-order valence-electron chi connectivity index (χ3n) is 4.61. The number of aliphatic hydroxyl groups excluding tert-OH is 2. The number of ether oxygens (including phenoxy) is 2. The smallest absolute Gasteiger partial charge is 0.316 e. The Kier molecular flexibility index (Phi) is 13.7. The molecular weight excluding hydrogens is 488 g/mol. The number of carbonyl (C=O) groups is 6. The van der Waals surface area contributed by atoms with E-state index in [0.717, 1.165) is 0 Å².